The highest BCUT2D eigenvalue weighted by Gasteiger charge is 2.39. The van der Waals surface area contributed by atoms with Gasteiger partial charge in [0.15, 0.2) is 5.69 Å². The summed E-state index contributed by atoms with van der Waals surface area (Å²) < 4.78 is 6.99. The SMILES string of the molecule is O=C(c1coc(-c2ccccc2)n1)N1CCC(O)(Cn2ccnn2)C1. The molecule has 1 amide bonds. The molecule has 128 valence electrons. The summed E-state index contributed by atoms with van der Waals surface area (Å²) in [6, 6.07) is 9.40. The Morgan fingerprint density at radius 1 is 1.32 bits per heavy atom. The number of nitrogens with zero attached hydrogens (tertiary/aromatic N) is 5. The first-order chi connectivity index (χ1) is 12.1. The summed E-state index contributed by atoms with van der Waals surface area (Å²) in [5.41, 5.74) is 0.0320. The van der Waals surface area contributed by atoms with E-state index in [9.17, 15) is 9.90 Å². The van der Waals surface area contributed by atoms with Gasteiger partial charge in [-0.05, 0) is 18.6 Å². The number of carbonyl (C=O) groups excluding carboxylic acids is 1. The van der Waals surface area contributed by atoms with Crippen molar-refractivity contribution in [2.75, 3.05) is 13.1 Å². The molecule has 0 spiro atoms. The van der Waals surface area contributed by atoms with Gasteiger partial charge < -0.3 is 14.4 Å². The van der Waals surface area contributed by atoms with E-state index in [1.165, 1.54) is 6.26 Å². The Hall–Kier alpha value is -3.00. The van der Waals surface area contributed by atoms with Crippen molar-refractivity contribution in [1.29, 1.82) is 0 Å². The lowest BCUT2D eigenvalue weighted by molar-refractivity contribution is 0.0265. The minimum Gasteiger partial charge on any atom is -0.444 e. The molecule has 25 heavy (non-hydrogen) atoms. The second kappa shape index (κ2) is 6.14. The molecule has 1 fully saturated rings. The van der Waals surface area contributed by atoms with Crippen molar-refractivity contribution in [1.82, 2.24) is 24.9 Å². The van der Waals surface area contributed by atoms with Gasteiger partial charge in [-0.1, -0.05) is 23.4 Å². The van der Waals surface area contributed by atoms with Crippen molar-refractivity contribution in [3.8, 4) is 11.5 Å². The topological polar surface area (TPSA) is 97.3 Å². The molecule has 8 nitrogen and oxygen atoms in total. The minimum atomic E-state index is -1.02. The van der Waals surface area contributed by atoms with Crippen LogP contribution in [0.15, 0.2) is 53.4 Å². The molecule has 0 saturated carbocycles. The molecule has 0 bridgehead atoms. The van der Waals surface area contributed by atoms with Crippen molar-refractivity contribution in [2.24, 2.45) is 0 Å². The molecule has 1 aliphatic heterocycles. The summed E-state index contributed by atoms with van der Waals surface area (Å²) in [6.07, 6.45) is 5.08. The molecule has 0 radical (unpaired) electrons. The second-order valence-corrected chi connectivity index (χ2v) is 6.21. The van der Waals surface area contributed by atoms with Crippen molar-refractivity contribution < 1.29 is 14.3 Å². The molecule has 1 atom stereocenters. The van der Waals surface area contributed by atoms with Crippen LogP contribution in [0.25, 0.3) is 11.5 Å². The molecule has 3 heterocycles. The fourth-order valence-corrected chi connectivity index (χ4v) is 3.02. The number of hydrogen-bond donors (Lipinski definition) is 1. The lowest BCUT2D eigenvalue weighted by atomic mass is 10.0. The maximum absolute atomic E-state index is 12.6. The number of hydrogen-bond acceptors (Lipinski definition) is 6. The number of rotatable bonds is 4. The van der Waals surface area contributed by atoms with Gasteiger partial charge in [-0.25, -0.2) is 9.67 Å². The fraction of sp³-hybridized carbons (Fsp3) is 0.294. The molecular formula is C17H17N5O3. The molecule has 1 aromatic carbocycles. The van der Waals surface area contributed by atoms with Crippen LogP contribution in [0.1, 0.15) is 16.9 Å². The van der Waals surface area contributed by atoms with Crippen molar-refractivity contribution in [3.63, 3.8) is 0 Å². The number of benzene rings is 1. The third-order valence-electron chi connectivity index (χ3n) is 4.29. The Kier molecular flexibility index (Phi) is 3.81. The van der Waals surface area contributed by atoms with Gasteiger partial charge in [0, 0.05) is 18.3 Å². The number of oxazole rings is 1. The molecule has 1 N–H and O–H groups in total. The van der Waals surface area contributed by atoms with Crippen LogP contribution in [0.5, 0.6) is 0 Å². The minimum absolute atomic E-state index is 0.221. The van der Waals surface area contributed by atoms with Crippen LogP contribution in [0.2, 0.25) is 0 Å². The predicted octanol–water partition coefficient (Wildman–Crippen LogP) is 1.21. The summed E-state index contributed by atoms with van der Waals surface area (Å²) in [7, 11) is 0. The van der Waals surface area contributed by atoms with Crippen LogP contribution >= 0.6 is 0 Å². The summed E-state index contributed by atoms with van der Waals surface area (Å²) in [5.74, 6) is 0.154. The van der Waals surface area contributed by atoms with Crippen LogP contribution in [0.4, 0.5) is 0 Å². The largest absolute Gasteiger partial charge is 0.444 e. The predicted molar refractivity (Wildman–Crippen MR) is 87.4 cm³/mol. The third kappa shape index (κ3) is 3.16. The van der Waals surface area contributed by atoms with E-state index in [-0.39, 0.29) is 18.1 Å². The van der Waals surface area contributed by atoms with Gasteiger partial charge in [0.1, 0.15) is 11.9 Å². The van der Waals surface area contributed by atoms with E-state index in [0.29, 0.717) is 25.4 Å². The van der Waals surface area contributed by atoms with Crippen molar-refractivity contribution in [2.45, 2.75) is 18.6 Å². The number of likely N-dealkylation sites (tertiary alicyclic amines) is 1. The molecule has 3 aromatic rings. The highest BCUT2D eigenvalue weighted by molar-refractivity contribution is 5.92. The average Bonchev–Trinajstić information content (AvgIpc) is 3.36. The quantitative estimate of drug-likeness (QED) is 0.767. The van der Waals surface area contributed by atoms with Crippen molar-refractivity contribution >= 4 is 5.91 Å². The number of aliphatic hydroxyl groups is 1. The van der Waals surface area contributed by atoms with Crippen molar-refractivity contribution in [3.05, 3.63) is 54.7 Å². The molecule has 4 rings (SSSR count). The van der Waals surface area contributed by atoms with Gasteiger partial charge in [0.05, 0.1) is 19.3 Å². The van der Waals surface area contributed by atoms with Crippen LogP contribution in [-0.4, -0.2) is 54.6 Å². The summed E-state index contributed by atoms with van der Waals surface area (Å²) in [5, 5.41) is 18.3. The lowest BCUT2D eigenvalue weighted by Gasteiger charge is -2.22. The van der Waals surface area contributed by atoms with Crippen LogP contribution in [0, 0.1) is 0 Å². The van der Waals surface area contributed by atoms with Crippen LogP contribution < -0.4 is 0 Å². The Morgan fingerprint density at radius 2 is 2.16 bits per heavy atom. The van der Waals surface area contributed by atoms with Gasteiger partial charge in [-0.15, -0.1) is 5.10 Å². The molecule has 2 aromatic heterocycles. The highest BCUT2D eigenvalue weighted by Crippen LogP contribution is 2.25. The average molecular weight is 339 g/mol. The van der Waals surface area contributed by atoms with E-state index in [1.54, 1.807) is 22.0 Å². The maximum atomic E-state index is 12.6. The fourth-order valence-electron chi connectivity index (χ4n) is 3.02. The van der Waals surface area contributed by atoms with E-state index >= 15 is 0 Å². The Labute approximate surface area is 143 Å². The van der Waals surface area contributed by atoms with Gasteiger partial charge in [-0.2, -0.15) is 0 Å². The monoisotopic (exact) mass is 339 g/mol. The van der Waals surface area contributed by atoms with E-state index < -0.39 is 5.60 Å². The maximum Gasteiger partial charge on any atom is 0.275 e. The molecule has 1 unspecified atom stereocenters. The molecule has 0 aliphatic carbocycles. The zero-order valence-corrected chi connectivity index (χ0v) is 13.4. The number of aromatic nitrogens is 4. The van der Waals surface area contributed by atoms with E-state index in [1.807, 2.05) is 30.3 Å². The first-order valence-corrected chi connectivity index (χ1v) is 8.00. The van der Waals surface area contributed by atoms with Crippen LogP contribution in [0.3, 0.4) is 0 Å². The van der Waals surface area contributed by atoms with Gasteiger partial charge in [-0.3, -0.25) is 4.79 Å². The Bertz CT molecular complexity index is 862. The first kappa shape index (κ1) is 15.5. The van der Waals surface area contributed by atoms with Crippen LogP contribution in [-0.2, 0) is 6.54 Å². The Balaban J connectivity index is 1.46. The Morgan fingerprint density at radius 3 is 2.92 bits per heavy atom. The van der Waals surface area contributed by atoms with E-state index in [0.717, 1.165) is 5.56 Å². The summed E-state index contributed by atoms with van der Waals surface area (Å²) in [6.45, 7) is 0.974. The normalized spacial score (nSPS) is 20.1. The van der Waals surface area contributed by atoms with Gasteiger partial charge in [0.2, 0.25) is 5.89 Å². The molecular weight excluding hydrogens is 322 g/mol. The smallest absolute Gasteiger partial charge is 0.275 e. The lowest BCUT2D eigenvalue weighted by Crippen LogP contribution is -2.39. The zero-order valence-electron chi connectivity index (χ0n) is 13.4. The molecule has 8 heteroatoms. The first-order valence-electron chi connectivity index (χ1n) is 8.00. The zero-order chi connectivity index (χ0) is 17.3. The van der Waals surface area contributed by atoms with Gasteiger partial charge in [0.25, 0.3) is 5.91 Å². The summed E-state index contributed by atoms with van der Waals surface area (Å²) in [4.78, 5) is 18.5. The second-order valence-electron chi connectivity index (χ2n) is 6.21. The molecule has 1 aliphatic rings. The van der Waals surface area contributed by atoms with Gasteiger partial charge >= 0.3 is 0 Å². The number of amides is 1. The molecule has 1 saturated heterocycles. The standard InChI is InChI=1S/C17H17N5O3/c23-16(14-10-25-15(19-14)13-4-2-1-3-5-13)21-8-6-17(24,11-21)12-22-9-7-18-20-22/h1-5,7,9-10,24H,6,8,11-12H2. The number of β-amino-alcohol motifs (C(OH)–C–C–N with tert-alkyl or cyclic N) is 1. The third-order valence-corrected chi connectivity index (χ3v) is 4.29. The summed E-state index contributed by atoms with van der Waals surface area (Å²) >= 11 is 0. The van der Waals surface area contributed by atoms with E-state index in [4.69, 9.17) is 4.42 Å². The van der Waals surface area contributed by atoms with E-state index in [2.05, 4.69) is 15.3 Å². The number of carbonyl (C=O) groups is 1. The highest BCUT2D eigenvalue weighted by atomic mass is 16.3.